The van der Waals surface area contributed by atoms with E-state index in [9.17, 15) is 9.18 Å². The summed E-state index contributed by atoms with van der Waals surface area (Å²) in [4.78, 5) is 30.7. The summed E-state index contributed by atoms with van der Waals surface area (Å²) >= 11 is 1.69. The van der Waals surface area contributed by atoms with E-state index in [-0.39, 0.29) is 22.7 Å². The molecule has 0 radical (unpaired) electrons. The summed E-state index contributed by atoms with van der Waals surface area (Å²) in [5.41, 5.74) is 2.53. The largest absolute Gasteiger partial charge is 0.339 e. The molecule has 7 fully saturated rings. The fourth-order valence-electron chi connectivity index (χ4n) is 8.79. The van der Waals surface area contributed by atoms with Crippen LogP contribution in [-0.4, -0.2) is 38.7 Å². The third kappa shape index (κ3) is 4.13. The molecule has 43 heavy (non-hydrogen) atoms. The number of alkyl halides is 1. The van der Waals surface area contributed by atoms with Crippen molar-refractivity contribution >= 4 is 33.3 Å². The summed E-state index contributed by atoms with van der Waals surface area (Å²) < 4.78 is 21.7. The maximum absolute atomic E-state index is 14.7. The number of rotatable bonds is 7. The van der Waals surface area contributed by atoms with Crippen molar-refractivity contribution in [2.45, 2.75) is 95.1 Å². The number of benzene rings is 1. The van der Waals surface area contributed by atoms with Gasteiger partial charge < -0.3 is 4.52 Å². The van der Waals surface area contributed by atoms with Crippen LogP contribution in [-0.2, 0) is 10.2 Å². The second kappa shape index (κ2) is 9.16. The summed E-state index contributed by atoms with van der Waals surface area (Å²) in [6.45, 7) is 2.66. The van der Waals surface area contributed by atoms with E-state index in [0.29, 0.717) is 37.5 Å². The van der Waals surface area contributed by atoms with Crippen LogP contribution in [0.3, 0.4) is 0 Å². The Labute approximate surface area is 254 Å². The van der Waals surface area contributed by atoms with Gasteiger partial charge in [-0.1, -0.05) is 11.2 Å². The number of nitrogens with zero attached hydrogens (tertiary/aromatic N) is 5. The lowest BCUT2D eigenvalue weighted by molar-refractivity contribution is -0.132. The van der Waals surface area contributed by atoms with Gasteiger partial charge in [0.05, 0.1) is 20.6 Å². The van der Waals surface area contributed by atoms with Gasteiger partial charge in [-0.05, 0) is 124 Å². The molecule has 11 rings (SSSR count). The average molecular weight is 598 g/mol. The average Bonchev–Trinajstić information content (AvgIpc) is 3.31. The van der Waals surface area contributed by atoms with Crippen LogP contribution >= 0.6 is 11.3 Å². The molecule has 3 heterocycles. The van der Waals surface area contributed by atoms with Gasteiger partial charge in [0.2, 0.25) is 11.8 Å². The molecule has 1 atom stereocenters. The van der Waals surface area contributed by atoms with Crippen LogP contribution < -0.4 is 4.90 Å². The molecule has 9 heteroatoms. The minimum absolute atomic E-state index is 0.0149. The van der Waals surface area contributed by atoms with E-state index in [0.717, 1.165) is 76.6 Å². The van der Waals surface area contributed by atoms with Crippen LogP contribution in [0, 0.1) is 23.7 Å². The Balaban J connectivity index is 1.02. The van der Waals surface area contributed by atoms with E-state index >= 15 is 0 Å². The fourth-order valence-corrected chi connectivity index (χ4v) is 9.66. The number of amides is 1. The molecule has 0 aliphatic heterocycles. The van der Waals surface area contributed by atoms with Gasteiger partial charge in [-0.2, -0.15) is 4.98 Å². The number of hydrogen-bond acceptors (Lipinski definition) is 7. The molecule has 7 saturated carbocycles. The molecule has 4 aromatic rings. The zero-order chi connectivity index (χ0) is 29.0. The Morgan fingerprint density at radius 2 is 1.79 bits per heavy atom. The first-order chi connectivity index (χ1) is 20.8. The van der Waals surface area contributed by atoms with Gasteiger partial charge in [0.15, 0.2) is 5.82 Å². The van der Waals surface area contributed by atoms with E-state index in [4.69, 9.17) is 14.5 Å². The molecule has 0 N–H and O–H groups in total. The lowest BCUT2D eigenvalue weighted by Crippen LogP contribution is -2.54. The Kier molecular flexibility index (Phi) is 5.59. The fraction of sp³-hybridized carbons (Fsp3) is 0.559. The van der Waals surface area contributed by atoms with E-state index in [2.05, 4.69) is 34.4 Å². The van der Waals surface area contributed by atoms with Crippen LogP contribution in [0.1, 0.15) is 93.3 Å². The highest BCUT2D eigenvalue weighted by Crippen LogP contribution is 2.62. The first-order valence-electron chi connectivity index (χ1n) is 16.0. The predicted molar refractivity (Wildman–Crippen MR) is 163 cm³/mol. The highest BCUT2D eigenvalue weighted by Gasteiger charge is 2.62. The SMILES string of the molecule is Cc1nc2ccc(-c3ccnc(N(CC45CCC(c6nc(C7CC7)no6)(CC4)CC5)C(=O)C45CC(C4)[C@@H](F)C5)c3)cc2s1. The number of carbonyl (C=O) groups excluding carboxylic acids is 1. The molecule has 222 valence electrons. The minimum atomic E-state index is -0.863. The molecule has 1 amide bonds. The first-order valence-corrected chi connectivity index (χ1v) is 16.8. The molecule has 0 unspecified atom stereocenters. The number of aryl methyl sites for hydroxylation is 1. The first kappa shape index (κ1) is 26.2. The van der Waals surface area contributed by atoms with Gasteiger partial charge in [0.1, 0.15) is 12.0 Å². The summed E-state index contributed by atoms with van der Waals surface area (Å²) in [5.74, 6) is 3.01. The number of halogens is 1. The van der Waals surface area contributed by atoms with E-state index in [1.54, 1.807) is 11.3 Å². The molecule has 4 bridgehead atoms. The third-order valence-corrected chi connectivity index (χ3v) is 12.6. The van der Waals surface area contributed by atoms with Gasteiger partial charge >= 0.3 is 0 Å². The molecular weight excluding hydrogens is 561 g/mol. The van der Waals surface area contributed by atoms with Crippen molar-refractivity contribution in [1.82, 2.24) is 20.1 Å². The number of thiazole rings is 1. The molecule has 0 saturated heterocycles. The van der Waals surface area contributed by atoms with Crippen molar-refractivity contribution in [1.29, 1.82) is 0 Å². The Hall–Kier alpha value is -3.20. The maximum atomic E-state index is 14.7. The lowest BCUT2D eigenvalue weighted by atomic mass is 9.53. The molecule has 1 aromatic carbocycles. The van der Waals surface area contributed by atoms with Crippen LogP contribution in [0.25, 0.3) is 21.3 Å². The number of pyridine rings is 1. The molecular formula is C34H36FN5O2S. The normalized spacial score (nSPS) is 32.7. The Morgan fingerprint density at radius 3 is 2.51 bits per heavy atom. The molecule has 7 aliphatic rings. The molecule has 7 aliphatic carbocycles. The predicted octanol–water partition coefficient (Wildman–Crippen LogP) is 7.69. The van der Waals surface area contributed by atoms with Crippen molar-refractivity contribution in [3.05, 3.63) is 53.3 Å². The van der Waals surface area contributed by atoms with Crippen molar-refractivity contribution in [3.63, 3.8) is 0 Å². The topological polar surface area (TPSA) is 85.0 Å². The Bertz CT molecular complexity index is 1730. The number of hydrogen-bond donors (Lipinski definition) is 0. The second-order valence-electron chi connectivity index (χ2n) is 14.4. The van der Waals surface area contributed by atoms with Crippen molar-refractivity contribution in [3.8, 4) is 11.1 Å². The summed E-state index contributed by atoms with van der Waals surface area (Å²) in [7, 11) is 0. The van der Waals surface area contributed by atoms with Gasteiger partial charge in [0, 0.05) is 24.1 Å². The van der Waals surface area contributed by atoms with Crippen molar-refractivity contribution in [2.75, 3.05) is 11.4 Å². The third-order valence-electron chi connectivity index (χ3n) is 11.7. The van der Waals surface area contributed by atoms with E-state index in [1.165, 1.54) is 12.8 Å². The van der Waals surface area contributed by atoms with Crippen LogP contribution in [0.5, 0.6) is 0 Å². The smallest absolute Gasteiger partial charge is 0.234 e. The molecule has 3 aromatic heterocycles. The number of anilines is 1. The van der Waals surface area contributed by atoms with Crippen molar-refractivity contribution < 1.29 is 13.7 Å². The minimum Gasteiger partial charge on any atom is -0.339 e. The van der Waals surface area contributed by atoms with Crippen molar-refractivity contribution in [2.24, 2.45) is 16.7 Å². The van der Waals surface area contributed by atoms with Gasteiger partial charge in [-0.25, -0.2) is 14.4 Å². The maximum Gasteiger partial charge on any atom is 0.234 e. The van der Waals surface area contributed by atoms with Crippen LogP contribution in [0.15, 0.2) is 41.1 Å². The number of carbonyl (C=O) groups is 1. The van der Waals surface area contributed by atoms with Crippen LogP contribution in [0.4, 0.5) is 10.2 Å². The zero-order valence-electron chi connectivity index (χ0n) is 24.5. The van der Waals surface area contributed by atoms with E-state index < -0.39 is 11.6 Å². The number of fused-ring (bicyclic) bond motifs is 5. The highest BCUT2D eigenvalue weighted by molar-refractivity contribution is 7.18. The van der Waals surface area contributed by atoms with Crippen LogP contribution in [0.2, 0.25) is 0 Å². The zero-order valence-corrected chi connectivity index (χ0v) is 25.3. The summed E-state index contributed by atoms with van der Waals surface area (Å²) in [6.07, 6.45) is 11.0. The molecule has 0 spiro atoms. The highest BCUT2D eigenvalue weighted by atomic mass is 32.1. The van der Waals surface area contributed by atoms with Gasteiger partial charge in [-0.15, -0.1) is 11.3 Å². The Morgan fingerprint density at radius 1 is 1.02 bits per heavy atom. The monoisotopic (exact) mass is 597 g/mol. The van der Waals surface area contributed by atoms with E-state index in [1.807, 2.05) is 24.1 Å². The summed E-state index contributed by atoms with van der Waals surface area (Å²) in [5, 5.41) is 5.37. The van der Waals surface area contributed by atoms with Gasteiger partial charge in [0.25, 0.3) is 0 Å². The second-order valence-corrected chi connectivity index (χ2v) is 15.6. The number of aromatic nitrogens is 4. The summed E-state index contributed by atoms with van der Waals surface area (Å²) in [6, 6.07) is 10.4. The molecule has 7 nitrogen and oxygen atoms in total. The standard InChI is InChI=1S/C34H36FN5O2S/c1-20-37-26-5-4-22(14-27(26)43-20)23-6-13-36-28(15-23)40(31(41)34-16-24(17-34)25(35)18-34)19-32-7-10-33(11-8-32,12-9-32)30-38-29(39-42-30)21-2-3-21/h4-6,13-15,21,24-25H,2-3,7-12,16-19H2,1H3/t24?,25-,32?,33?,34?/m0/s1. The quantitative estimate of drug-likeness (QED) is 0.217. The van der Waals surface area contributed by atoms with Gasteiger partial charge in [-0.3, -0.25) is 9.69 Å². The lowest BCUT2D eigenvalue weighted by Gasteiger charge is -2.53.